The third-order valence-electron chi connectivity index (χ3n) is 3.19. The van der Waals surface area contributed by atoms with Crippen molar-refractivity contribution in [2.24, 2.45) is 0 Å². The Balaban J connectivity index is 2.83. The normalized spacial score (nSPS) is 14.4. The highest BCUT2D eigenvalue weighted by Gasteiger charge is 2.30. The average molecular weight is 251 g/mol. The van der Waals surface area contributed by atoms with E-state index < -0.39 is 0 Å². The SMILES string of the molecule is CCCNC(CO)(CCOCC)c1ccccc1. The van der Waals surface area contributed by atoms with E-state index in [0.717, 1.165) is 24.9 Å². The van der Waals surface area contributed by atoms with Gasteiger partial charge in [-0.15, -0.1) is 0 Å². The van der Waals surface area contributed by atoms with Gasteiger partial charge in [0.25, 0.3) is 0 Å². The number of nitrogens with one attached hydrogen (secondary N) is 1. The summed E-state index contributed by atoms with van der Waals surface area (Å²) in [6.07, 6.45) is 1.82. The Morgan fingerprint density at radius 3 is 2.50 bits per heavy atom. The molecule has 1 aromatic carbocycles. The van der Waals surface area contributed by atoms with Gasteiger partial charge in [-0.1, -0.05) is 37.3 Å². The molecule has 0 amide bonds. The maximum atomic E-state index is 9.84. The first-order chi connectivity index (χ1) is 8.79. The maximum Gasteiger partial charge on any atom is 0.0691 e. The van der Waals surface area contributed by atoms with Gasteiger partial charge in [-0.25, -0.2) is 0 Å². The molecular formula is C15H25NO2. The molecule has 3 nitrogen and oxygen atoms in total. The number of ether oxygens (including phenoxy) is 1. The van der Waals surface area contributed by atoms with Crippen LogP contribution in [0.1, 0.15) is 32.3 Å². The lowest BCUT2D eigenvalue weighted by atomic mass is 9.87. The summed E-state index contributed by atoms with van der Waals surface area (Å²) < 4.78 is 5.44. The molecule has 18 heavy (non-hydrogen) atoms. The zero-order chi connectivity index (χ0) is 13.3. The second-order valence-corrected chi connectivity index (χ2v) is 4.48. The van der Waals surface area contributed by atoms with Crippen LogP contribution in [0.3, 0.4) is 0 Å². The fourth-order valence-electron chi connectivity index (χ4n) is 2.07. The van der Waals surface area contributed by atoms with Gasteiger partial charge in [0, 0.05) is 13.2 Å². The maximum absolute atomic E-state index is 9.84. The Morgan fingerprint density at radius 1 is 1.22 bits per heavy atom. The molecule has 0 saturated carbocycles. The Labute approximate surface area is 110 Å². The predicted molar refractivity (Wildman–Crippen MR) is 74.6 cm³/mol. The summed E-state index contributed by atoms with van der Waals surface area (Å²) in [5, 5.41) is 13.3. The summed E-state index contributed by atoms with van der Waals surface area (Å²) in [4.78, 5) is 0. The number of hydrogen-bond donors (Lipinski definition) is 2. The van der Waals surface area contributed by atoms with E-state index in [1.807, 2.05) is 25.1 Å². The van der Waals surface area contributed by atoms with E-state index in [0.29, 0.717) is 13.2 Å². The van der Waals surface area contributed by atoms with Crippen molar-refractivity contribution in [2.45, 2.75) is 32.2 Å². The van der Waals surface area contributed by atoms with Crippen molar-refractivity contribution in [3.05, 3.63) is 35.9 Å². The van der Waals surface area contributed by atoms with Gasteiger partial charge in [-0.05, 0) is 31.9 Å². The lowest BCUT2D eigenvalue weighted by molar-refractivity contribution is 0.0849. The van der Waals surface area contributed by atoms with Crippen LogP contribution >= 0.6 is 0 Å². The standard InChI is InChI=1S/C15H25NO2/c1-3-11-16-15(13-17,10-12-18-4-2)14-8-6-5-7-9-14/h5-9,16-17H,3-4,10-13H2,1-2H3. The van der Waals surface area contributed by atoms with Crippen LogP contribution in [0.2, 0.25) is 0 Å². The van der Waals surface area contributed by atoms with E-state index >= 15 is 0 Å². The van der Waals surface area contributed by atoms with Gasteiger partial charge in [0.1, 0.15) is 0 Å². The summed E-state index contributed by atoms with van der Waals surface area (Å²) in [6, 6.07) is 10.1. The van der Waals surface area contributed by atoms with Crippen LogP contribution in [0.15, 0.2) is 30.3 Å². The minimum atomic E-state index is -0.382. The van der Waals surface area contributed by atoms with E-state index in [1.54, 1.807) is 0 Å². The lowest BCUT2D eigenvalue weighted by Gasteiger charge is -2.34. The second kappa shape index (κ2) is 8.25. The van der Waals surface area contributed by atoms with Crippen LogP contribution in [-0.4, -0.2) is 31.5 Å². The fraction of sp³-hybridized carbons (Fsp3) is 0.600. The molecule has 1 aromatic rings. The Hall–Kier alpha value is -0.900. The van der Waals surface area contributed by atoms with Crippen molar-refractivity contribution in [1.82, 2.24) is 5.32 Å². The van der Waals surface area contributed by atoms with Crippen LogP contribution in [-0.2, 0) is 10.3 Å². The Morgan fingerprint density at radius 2 is 1.94 bits per heavy atom. The highest BCUT2D eigenvalue weighted by molar-refractivity contribution is 5.24. The molecule has 1 atom stereocenters. The smallest absolute Gasteiger partial charge is 0.0691 e. The highest BCUT2D eigenvalue weighted by atomic mass is 16.5. The molecule has 0 aromatic heterocycles. The molecule has 0 saturated heterocycles. The molecule has 0 spiro atoms. The van der Waals surface area contributed by atoms with Gasteiger partial charge < -0.3 is 15.2 Å². The molecule has 0 aliphatic heterocycles. The summed E-state index contributed by atoms with van der Waals surface area (Å²) in [7, 11) is 0. The minimum Gasteiger partial charge on any atom is -0.394 e. The lowest BCUT2D eigenvalue weighted by Crippen LogP contribution is -2.47. The molecule has 3 heteroatoms. The summed E-state index contributed by atoms with van der Waals surface area (Å²) in [6.45, 7) is 6.46. The molecule has 0 aliphatic rings. The summed E-state index contributed by atoms with van der Waals surface area (Å²) in [5.41, 5.74) is 0.743. The molecule has 2 N–H and O–H groups in total. The third-order valence-corrected chi connectivity index (χ3v) is 3.19. The van der Waals surface area contributed by atoms with Gasteiger partial charge >= 0.3 is 0 Å². The van der Waals surface area contributed by atoms with E-state index in [-0.39, 0.29) is 12.1 Å². The van der Waals surface area contributed by atoms with Crippen molar-refractivity contribution < 1.29 is 9.84 Å². The first-order valence-corrected chi connectivity index (χ1v) is 6.78. The quantitative estimate of drug-likeness (QED) is 0.662. The first kappa shape index (κ1) is 15.2. The van der Waals surface area contributed by atoms with E-state index in [1.165, 1.54) is 0 Å². The largest absolute Gasteiger partial charge is 0.394 e. The third kappa shape index (κ3) is 4.09. The summed E-state index contributed by atoms with van der Waals surface area (Å²) >= 11 is 0. The number of benzene rings is 1. The zero-order valence-electron chi connectivity index (χ0n) is 11.5. The molecule has 102 valence electrons. The molecule has 0 fully saturated rings. The topological polar surface area (TPSA) is 41.5 Å². The number of aliphatic hydroxyl groups excluding tert-OH is 1. The average Bonchev–Trinajstić information content (AvgIpc) is 2.44. The molecule has 1 unspecified atom stereocenters. The summed E-state index contributed by atoms with van der Waals surface area (Å²) in [5.74, 6) is 0. The van der Waals surface area contributed by atoms with Crippen LogP contribution < -0.4 is 5.32 Å². The van der Waals surface area contributed by atoms with Crippen LogP contribution in [0.25, 0.3) is 0 Å². The highest BCUT2D eigenvalue weighted by Crippen LogP contribution is 2.24. The van der Waals surface area contributed by atoms with Gasteiger partial charge in [0.2, 0.25) is 0 Å². The van der Waals surface area contributed by atoms with Crippen LogP contribution in [0.5, 0.6) is 0 Å². The van der Waals surface area contributed by atoms with Gasteiger partial charge in [-0.2, -0.15) is 0 Å². The zero-order valence-corrected chi connectivity index (χ0v) is 11.5. The van der Waals surface area contributed by atoms with Gasteiger partial charge in [-0.3, -0.25) is 0 Å². The first-order valence-electron chi connectivity index (χ1n) is 6.78. The molecular weight excluding hydrogens is 226 g/mol. The number of rotatable bonds is 9. The predicted octanol–water partition coefficient (Wildman–Crippen LogP) is 2.30. The minimum absolute atomic E-state index is 0.0874. The van der Waals surface area contributed by atoms with Crippen molar-refractivity contribution in [3.63, 3.8) is 0 Å². The van der Waals surface area contributed by atoms with Crippen LogP contribution in [0.4, 0.5) is 0 Å². The Bertz CT molecular complexity index is 316. The van der Waals surface area contributed by atoms with E-state index in [2.05, 4.69) is 24.4 Å². The second-order valence-electron chi connectivity index (χ2n) is 4.48. The van der Waals surface area contributed by atoms with Crippen molar-refractivity contribution in [2.75, 3.05) is 26.4 Å². The van der Waals surface area contributed by atoms with Crippen molar-refractivity contribution >= 4 is 0 Å². The molecule has 0 bridgehead atoms. The van der Waals surface area contributed by atoms with E-state index in [4.69, 9.17) is 4.74 Å². The Kier molecular flexibility index (Phi) is 6.94. The molecule has 1 rings (SSSR count). The fourth-order valence-corrected chi connectivity index (χ4v) is 2.07. The van der Waals surface area contributed by atoms with Crippen molar-refractivity contribution in [1.29, 1.82) is 0 Å². The molecule has 0 heterocycles. The van der Waals surface area contributed by atoms with Gasteiger partial charge in [0.05, 0.1) is 12.1 Å². The number of hydrogen-bond acceptors (Lipinski definition) is 3. The number of aliphatic hydroxyl groups is 1. The van der Waals surface area contributed by atoms with E-state index in [9.17, 15) is 5.11 Å². The monoisotopic (exact) mass is 251 g/mol. The van der Waals surface area contributed by atoms with Gasteiger partial charge in [0.15, 0.2) is 0 Å². The van der Waals surface area contributed by atoms with Crippen molar-refractivity contribution in [3.8, 4) is 0 Å². The van der Waals surface area contributed by atoms with Crippen LogP contribution in [0, 0.1) is 0 Å². The molecule has 0 aliphatic carbocycles. The molecule has 0 radical (unpaired) electrons.